The smallest absolute Gasteiger partial charge is 0.310 e. The average Bonchev–Trinajstić information content (AvgIpc) is 2.23. The second-order valence-electron chi connectivity index (χ2n) is 3.05. The summed E-state index contributed by atoms with van der Waals surface area (Å²) in [5, 5.41) is 18.3. The Morgan fingerprint density at radius 3 is 2.88 bits per heavy atom. The van der Waals surface area contributed by atoms with Crippen molar-refractivity contribution in [2.75, 3.05) is 6.61 Å². The molecule has 0 aliphatic carbocycles. The maximum absolute atomic E-state index is 11.2. The number of esters is 1. The van der Waals surface area contributed by atoms with Crippen molar-refractivity contribution in [2.45, 2.75) is 13.3 Å². The number of carbonyl (C=O) groups excluding carboxylic acids is 1. The van der Waals surface area contributed by atoms with Crippen LogP contribution in [0.25, 0.3) is 0 Å². The van der Waals surface area contributed by atoms with Gasteiger partial charge in [0.1, 0.15) is 11.8 Å². The number of phenols is 1. The molecule has 1 aromatic rings. The third-order valence-corrected chi connectivity index (χ3v) is 2.58. The first-order valence-electron chi connectivity index (χ1n) is 4.65. The van der Waals surface area contributed by atoms with Gasteiger partial charge in [-0.2, -0.15) is 5.26 Å². The number of rotatable bonds is 3. The van der Waals surface area contributed by atoms with E-state index in [0.717, 1.165) is 0 Å². The minimum atomic E-state index is -0.408. The van der Waals surface area contributed by atoms with Gasteiger partial charge < -0.3 is 9.84 Å². The van der Waals surface area contributed by atoms with Crippen molar-refractivity contribution >= 4 is 21.9 Å². The standard InChI is InChI=1S/C11H10BrNO3/c1-2-16-11(15)5-7-3-9(12)8(6-13)4-10(7)14/h3-4,14H,2,5H2,1H3. The second kappa shape index (κ2) is 5.52. The van der Waals surface area contributed by atoms with Gasteiger partial charge in [-0.25, -0.2) is 0 Å². The summed E-state index contributed by atoms with van der Waals surface area (Å²) < 4.78 is 5.32. The maximum Gasteiger partial charge on any atom is 0.310 e. The molecule has 1 aromatic carbocycles. The third-order valence-electron chi connectivity index (χ3n) is 1.93. The number of hydrogen-bond donors (Lipinski definition) is 1. The Morgan fingerprint density at radius 1 is 1.62 bits per heavy atom. The largest absolute Gasteiger partial charge is 0.508 e. The Balaban J connectivity index is 2.95. The lowest BCUT2D eigenvalue weighted by molar-refractivity contribution is -0.142. The summed E-state index contributed by atoms with van der Waals surface area (Å²) in [6, 6.07) is 4.78. The minimum absolute atomic E-state index is 0.00994. The summed E-state index contributed by atoms with van der Waals surface area (Å²) in [6.45, 7) is 2.02. The first-order valence-corrected chi connectivity index (χ1v) is 5.45. The predicted molar refractivity (Wildman–Crippen MR) is 60.9 cm³/mol. The molecule has 0 unspecified atom stereocenters. The number of nitrogens with zero attached hydrogens (tertiary/aromatic N) is 1. The van der Waals surface area contributed by atoms with Crippen molar-refractivity contribution in [3.05, 3.63) is 27.7 Å². The summed E-state index contributed by atoms with van der Waals surface area (Å²) in [5.74, 6) is -0.484. The molecule has 0 saturated heterocycles. The highest BCUT2D eigenvalue weighted by atomic mass is 79.9. The highest BCUT2D eigenvalue weighted by Crippen LogP contribution is 2.26. The molecule has 84 valence electrons. The number of hydrogen-bond acceptors (Lipinski definition) is 4. The summed E-state index contributed by atoms with van der Waals surface area (Å²) in [5.41, 5.74) is 0.759. The molecular weight excluding hydrogens is 274 g/mol. The van der Waals surface area contributed by atoms with E-state index < -0.39 is 5.97 Å². The van der Waals surface area contributed by atoms with E-state index in [4.69, 9.17) is 10.00 Å². The molecule has 0 saturated carbocycles. The summed E-state index contributed by atoms with van der Waals surface area (Å²) in [7, 11) is 0. The Kier molecular flexibility index (Phi) is 4.32. The molecule has 0 heterocycles. The highest BCUT2D eigenvalue weighted by molar-refractivity contribution is 9.10. The molecule has 1 N–H and O–H groups in total. The van der Waals surface area contributed by atoms with Crippen LogP contribution in [-0.4, -0.2) is 17.7 Å². The van der Waals surface area contributed by atoms with Gasteiger partial charge in [-0.1, -0.05) is 0 Å². The van der Waals surface area contributed by atoms with Crippen LogP contribution in [0.15, 0.2) is 16.6 Å². The Hall–Kier alpha value is -1.54. The van der Waals surface area contributed by atoms with Gasteiger partial charge in [0, 0.05) is 10.0 Å². The average molecular weight is 284 g/mol. The Morgan fingerprint density at radius 2 is 2.31 bits per heavy atom. The number of benzene rings is 1. The second-order valence-corrected chi connectivity index (χ2v) is 3.91. The van der Waals surface area contributed by atoms with Crippen LogP contribution < -0.4 is 0 Å². The Bertz CT molecular complexity index is 451. The zero-order valence-electron chi connectivity index (χ0n) is 8.66. The van der Waals surface area contributed by atoms with Crippen LogP contribution in [0.4, 0.5) is 0 Å². The van der Waals surface area contributed by atoms with Crippen LogP contribution in [-0.2, 0) is 16.0 Å². The molecule has 0 fully saturated rings. The van der Waals surface area contributed by atoms with E-state index in [1.165, 1.54) is 6.07 Å². The molecule has 1 rings (SSSR count). The van der Waals surface area contributed by atoms with Crippen LogP contribution in [0.1, 0.15) is 18.1 Å². The first kappa shape index (κ1) is 12.5. The lowest BCUT2D eigenvalue weighted by atomic mass is 10.1. The van der Waals surface area contributed by atoms with E-state index in [2.05, 4.69) is 15.9 Å². The molecule has 4 nitrogen and oxygen atoms in total. The van der Waals surface area contributed by atoms with Crippen LogP contribution in [0.2, 0.25) is 0 Å². The summed E-state index contributed by atoms with van der Waals surface area (Å²) in [4.78, 5) is 11.2. The summed E-state index contributed by atoms with van der Waals surface area (Å²) in [6.07, 6.45) is -0.00994. The summed E-state index contributed by atoms with van der Waals surface area (Å²) >= 11 is 3.18. The molecular formula is C11H10BrNO3. The number of aromatic hydroxyl groups is 1. The minimum Gasteiger partial charge on any atom is -0.508 e. The lowest BCUT2D eigenvalue weighted by Gasteiger charge is -2.06. The molecule has 0 amide bonds. The third kappa shape index (κ3) is 2.97. The number of carbonyl (C=O) groups is 1. The van der Waals surface area contributed by atoms with Gasteiger partial charge in [0.15, 0.2) is 0 Å². The van der Waals surface area contributed by atoms with E-state index >= 15 is 0 Å². The molecule has 0 aliphatic heterocycles. The van der Waals surface area contributed by atoms with E-state index in [9.17, 15) is 9.90 Å². The van der Waals surface area contributed by atoms with Crippen LogP contribution in [0.5, 0.6) is 5.75 Å². The normalized spacial score (nSPS) is 9.56. The zero-order valence-corrected chi connectivity index (χ0v) is 10.2. The lowest BCUT2D eigenvalue weighted by Crippen LogP contribution is -2.07. The SMILES string of the molecule is CCOC(=O)Cc1cc(Br)c(C#N)cc1O. The fraction of sp³-hybridized carbons (Fsp3) is 0.273. The molecule has 0 radical (unpaired) electrons. The topological polar surface area (TPSA) is 70.3 Å². The Labute approximate surface area is 102 Å². The van der Waals surface area contributed by atoms with E-state index in [1.54, 1.807) is 13.0 Å². The molecule has 0 spiro atoms. The van der Waals surface area contributed by atoms with Crippen molar-refractivity contribution in [3.63, 3.8) is 0 Å². The van der Waals surface area contributed by atoms with Crippen molar-refractivity contribution in [1.82, 2.24) is 0 Å². The number of halogens is 1. The fourth-order valence-electron chi connectivity index (χ4n) is 1.20. The van der Waals surface area contributed by atoms with Gasteiger partial charge in [0.25, 0.3) is 0 Å². The van der Waals surface area contributed by atoms with Gasteiger partial charge in [0.05, 0.1) is 18.6 Å². The number of nitriles is 1. The van der Waals surface area contributed by atoms with E-state index in [1.807, 2.05) is 6.07 Å². The van der Waals surface area contributed by atoms with Crippen LogP contribution in [0, 0.1) is 11.3 Å². The van der Waals surface area contributed by atoms with Gasteiger partial charge in [0.2, 0.25) is 0 Å². The van der Waals surface area contributed by atoms with Crippen molar-refractivity contribution in [3.8, 4) is 11.8 Å². The van der Waals surface area contributed by atoms with Crippen molar-refractivity contribution < 1.29 is 14.6 Å². The number of phenolic OH excluding ortho intramolecular Hbond substituents is 1. The highest BCUT2D eigenvalue weighted by Gasteiger charge is 2.11. The van der Waals surface area contributed by atoms with Crippen LogP contribution >= 0.6 is 15.9 Å². The number of ether oxygens (including phenoxy) is 1. The first-order chi connectivity index (χ1) is 7.58. The van der Waals surface area contributed by atoms with E-state index in [-0.39, 0.29) is 12.2 Å². The van der Waals surface area contributed by atoms with Crippen LogP contribution in [0.3, 0.4) is 0 Å². The van der Waals surface area contributed by atoms with Crippen molar-refractivity contribution in [1.29, 1.82) is 5.26 Å². The fourth-order valence-corrected chi connectivity index (χ4v) is 1.68. The van der Waals surface area contributed by atoms with E-state index in [0.29, 0.717) is 22.2 Å². The van der Waals surface area contributed by atoms with Gasteiger partial charge in [-0.3, -0.25) is 4.79 Å². The molecule has 0 aliphatic rings. The zero-order chi connectivity index (χ0) is 12.1. The van der Waals surface area contributed by atoms with Crippen molar-refractivity contribution in [2.24, 2.45) is 0 Å². The monoisotopic (exact) mass is 283 g/mol. The van der Waals surface area contributed by atoms with Gasteiger partial charge in [-0.15, -0.1) is 0 Å². The molecule has 16 heavy (non-hydrogen) atoms. The molecule has 0 atom stereocenters. The maximum atomic E-state index is 11.2. The quantitative estimate of drug-likeness (QED) is 0.863. The predicted octanol–water partition coefficient (Wildman–Crippen LogP) is 2.13. The van der Waals surface area contributed by atoms with Gasteiger partial charge >= 0.3 is 5.97 Å². The molecule has 0 aromatic heterocycles. The van der Waals surface area contributed by atoms with Gasteiger partial charge in [-0.05, 0) is 35.0 Å². The molecule has 5 heteroatoms. The molecule has 0 bridgehead atoms.